The van der Waals surface area contributed by atoms with Gasteiger partial charge in [-0.1, -0.05) is 44.2 Å². The number of benzene rings is 2. The lowest BCUT2D eigenvalue weighted by molar-refractivity contribution is -0.158. The first-order valence-electron chi connectivity index (χ1n) is 11.0. The third-order valence-electron chi connectivity index (χ3n) is 5.29. The van der Waals surface area contributed by atoms with Crippen molar-refractivity contribution in [2.45, 2.75) is 53.3 Å². The summed E-state index contributed by atoms with van der Waals surface area (Å²) >= 11 is 0. The number of nitrogens with zero attached hydrogens (tertiary/aromatic N) is 1. The van der Waals surface area contributed by atoms with Gasteiger partial charge in [-0.05, 0) is 50.5 Å². The van der Waals surface area contributed by atoms with Crippen molar-refractivity contribution in [3.8, 4) is 16.9 Å². The third-order valence-corrected chi connectivity index (χ3v) is 5.29. The molecule has 7 heteroatoms. The fraction of sp³-hybridized carbons (Fsp3) is 0.385. The van der Waals surface area contributed by atoms with E-state index in [-0.39, 0.29) is 37.0 Å². The normalized spacial score (nSPS) is 11.4. The highest BCUT2D eigenvalue weighted by Gasteiger charge is 2.32. The van der Waals surface area contributed by atoms with Gasteiger partial charge >= 0.3 is 5.97 Å². The van der Waals surface area contributed by atoms with Crippen LogP contribution in [0.25, 0.3) is 21.9 Å². The van der Waals surface area contributed by atoms with Crippen molar-refractivity contribution in [1.29, 1.82) is 0 Å². The van der Waals surface area contributed by atoms with E-state index in [1.165, 1.54) is 0 Å². The molecule has 0 aliphatic carbocycles. The molecular weight excluding hydrogens is 440 g/mol. The molecule has 0 amide bonds. The van der Waals surface area contributed by atoms with Crippen LogP contribution in [0.4, 0.5) is 0 Å². The maximum Gasteiger partial charge on any atom is 0.349 e. The van der Waals surface area contributed by atoms with E-state index in [2.05, 4.69) is 13.8 Å². The van der Waals surface area contributed by atoms with Crippen LogP contribution < -0.4 is 16.0 Å². The minimum absolute atomic E-state index is 0. The van der Waals surface area contributed by atoms with E-state index < -0.39 is 11.6 Å². The van der Waals surface area contributed by atoms with E-state index in [4.69, 9.17) is 15.2 Å². The predicted octanol–water partition coefficient (Wildman–Crippen LogP) is 4.93. The quantitative estimate of drug-likeness (QED) is 0.470. The first-order valence-corrected chi connectivity index (χ1v) is 11.0. The molecule has 6 nitrogen and oxygen atoms in total. The number of aromatic nitrogens is 1. The lowest BCUT2D eigenvalue weighted by atomic mass is 9.96. The Bertz CT molecular complexity index is 1170. The van der Waals surface area contributed by atoms with Gasteiger partial charge in [-0.3, -0.25) is 4.79 Å². The average molecular weight is 473 g/mol. The minimum atomic E-state index is -1.17. The Hall–Kier alpha value is -2.83. The van der Waals surface area contributed by atoms with Crippen molar-refractivity contribution in [2.24, 2.45) is 11.7 Å². The molecule has 0 aliphatic rings. The molecule has 2 N–H and O–H groups in total. The number of hydrogen-bond donors (Lipinski definition) is 1. The average Bonchev–Trinajstić information content (AvgIpc) is 2.75. The largest absolute Gasteiger partial charge is 0.476 e. The zero-order valence-corrected chi connectivity index (χ0v) is 20.7. The van der Waals surface area contributed by atoms with Crippen molar-refractivity contribution in [2.75, 3.05) is 6.61 Å². The van der Waals surface area contributed by atoms with Crippen LogP contribution in [0.1, 0.15) is 40.3 Å². The summed E-state index contributed by atoms with van der Waals surface area (Å²) in [6.07, 6.45) is 0. The SMILES string of the molecule is CCOC(=O)C(C)(C)Oc1ccc2c(=O)n(CC(C)C)c(CN)c(-c3ccccc3)c2c1.Cl. The first kappa shape index (κ1) is 26.4. The van der Waals surface area contributed by atoms with E-state index in [1.54, 1.807) is 37.5 Å². The summed E-state index contributed by atoms with van der Waals surface area (Å²) in [5.41, 5.74) is 7.60. The van der Waals surface area contributed by atoms with Crippen LogP contribution in [0.5, 0.6) is 5.75 Å². The molecule has 0 fully saturated rings. The van der Waals surface area contributed by atoms with Gasteiger partial charge in [0, 0.05) is 35.1 Å². The van der Waals surface area contributed by atoms with Gasteiger partial charge in [-0.25, -0.2) is 4.79 Å². The third kappa shape index (κ3) is 5.57. The Labute approximate surface area is 201 Å². The number of fused-ring (bicyclic) bond motifs is 1. The molecule has 0 spiro atoms. The van der Waals surface area contributed by atoms with Gasteiger partial charge in [-0.15, -0.1) is 12.4 Å². The van der Waals surface area contributed by atoms with E-state index in [0.717, 1.165) is 22.2 Å². The smallest absolute Gasteiger partial charge is 0.349 e. The lowest BCUT2D eigenvalue weighted by Crippen LogP contribution is -2.39. The molecular formula is C26H33ClN2O4. The van der Waals surface area contributed by atoms with Crippen LogP contribution in [0, 0.1) is 5.92 Å². The number of rotatable bonds is 8. The summed E-state index contributed by atoms with van der Waals surface area (Å²) in [5, 5.41) is 1.34. The van der Waals surface area contributed by atoms with Crippen molar-refractivity contribution >= 4 is 29.1 Å². The van der Waals surface area contributed by atoms with Crippen LogP contribution >= 0.6 is 12.4 Å². The topological polar surface area (TPSA) is 83.5 Å². The number of hydrogen-bond acceptors (Lipinski definition) is 5. The van der Waals surface area contributed by atoms with Gasteiger partial charge < -0.3 is 19.8 Å². The molecule has 0 atom stereocenters. The lowest BCUT2D eigenvalue weighted by Gasteiger charge is -2.25. The second-order valence-electron chi connectivity index (χ2n) is 8.74. The molecule has 1 heterocycles. The molecule has 33 heavy (non-hydrogen) atoms. The van der Waals surface area contributed by atoms with Gasteiger partial charge in [0.1, 0.15) is 5.75 Å². The minimum Gasteiger partial charge on any atom is -0.476 e. The standard InChI is InChI=1S/C26H32N2O4.ClH/c1-6-31-25(30)26(4,5)32-19-12-13-20-21(14-19)23(18-10-8-7-9-11-18)22(15-27)28(24(20)29)16-17(2)3;/h7-14,17H,6,15-16,27H2,1-5H3;1H. The van der Waals surface area contributed by atoms with Crippen molar-refractivity contribution < 1.29 is 14.3 Å². The summed E-state index contributed by atoms with van der Waals surface area (Å²) in [6.45, 7) is 10.3. The van der Waals surface area contributed by atoms with Crippen molar-refractivity contribution in [3.05, 3.63) is 64.6 Å². The summed E-state index contributed by atoms with van der Waals surface area (Å²) in [4.78, 5) is 25.7. The Kier molecular flexibility index (Phi) is 8.69. The molecule has 178 valence electrons. The Morgan fingerprint density at radius 1 is 1.09 bits per heavy atom. The van der Waals surface area contributed by atoms with E-state index in [1.807, 2.05) is 36.4 Å². The zero-order chi connectivity index (χ0) is 23.5. The molecule has 0 bridgehead atoms. The molecule has 1 aromatic heterocycles. The predicted molar refractivity (Wildman–Crippen MR) is 135 cm³/mol. The number of nitrogens with two attached hydrogens (primary N) is 1. The molecule has 0 aliphatic heterocycles. The fourth-order valence-electron chi connectivity index (χ4n) is 3.88. The van der Waals surface area contributed by atoms with Crippen molar-refractivity contribution in [3.63, 3.8) is 0 Å². The summed E-state index contributed by atoms with van der Waals surface area (Å²) in [7, 11) is 0. The van der Waals surface area contributed by atoms with Crippen LogP contribution in [0.3, 0.4) is 0 Å². The number of pyridine rings is 1. The number of carbonyl (C=O) groups is 1. The molecule has 3 rings (SSSR count). The number of halogens is 1. The molecule has 3 aromatic rings. The van der Waals surface area contributed by atoms with Crippen LogP contribution in [-0.2, 0) is 22.6 Å². The van der Waals surface area contributed by atoms with Crippen molar-refractivity contribution in [1.82, 2.24) is 4.57 Å². The van der Waals surface area contributed by atoms with Gasteiger partial charge in [0.05, 0.1) is 6.61 Å². The maximum absolute atomic E-state index is 13.4. The van der Waals surface area contributed by atoms with Gasteiger partial charge in [0.15, 0.2) is 5.60 Å². The molecule has 0 saturated heterocycles. The Balaban J connectivity index is 0.00000385. The fourth-order valence-corrected chi connectivity index (χ4v) is 3.88. The second kappa shape index (κ2) is 10.9. The monoisotopic (exact) mass is 472 g/mol. The molecule has 0 saturated carbocycles. The highest BCUT2D eigenvalue weighted by atomic mass is 35.5. The second-order valence-corrected chi connectivity index (χ2v) is 8.74. The molecule has 2 aromatic carbocycles. The first-order chi connectivity index (χ1) is 15.2. The molecule has 0 radical (unpaired) electrons. The Morgan fingerprint density at radius 3 is 2.33 bits per heavy atom. The molecule has 0 unspecified atom stereocenters. The summed E-state index contributed by atoms with van der Waals surface area (Å²) in [6, 6.07) is 15.2. The summed E-state index contributed by atoms with van der Waals surface area (Å²) in [5.74, 6) is 0.321. The zero-order valence-electron chi connectivity index (χ0n) is 19.9. The van der Waals surface area contributed by atoms with Gasteiger partial charge in [0.25, 0.3) is 5.56 Å². The Morgan fingerprint density at radius 2 is 1.76 bits per heavy atom. The number of carbonyl (C=O) groups excluding carboxylic acids is 1. The number of ether oxygens (including phenoxy) is 2. The van der Waals surface area contributed by atoms with Crippen LogP contribution in [0.15, 0.2) is 53.3 Å². The maximum atomic E-state index is 13.4. The van der Waals surface area contributed by atoms with Crippen LogP contribution in [0.2, 0.25) is 0 Å². The van der Waals surface area contributed by atoms with E-state index in [9.17, 15) is 9.59 Å². The highest BCUT2D eigenvalue weighted by Crippen LogP contribution is 2.34. The van der Waals surface area contributed by atoms with Gasteiger partial charge in [0.2, 0.25) is 0 Å². The highest BCUT2D eigenvalue weighted by molar-refractivity contribution is 5.98. The number of esters is 1. The van der Waals surface area contributed by atoms with Gasteiger partial charge in [-0.2, -0.15) is 0 Å². The van der Waals surface area contributed by atoms with Crippen LogP contribution in [-0.4, -0.2) is 22.7 Å². The van der Waals surface area contributed by atoms with E-state index in [0.29, 0.717) is 17.7 Å². The van der Waals surface area contributed by atoms with E-state index >= 15 is 0 Å². The summed E-state index contributed by atoms with van der Waals surface area (Å²) < 4.78 is 12.9.